The normalized spacial score (nSPS) is 28.6. The van der Waals surface area contributed by atoms with E-state index < -0.39 is 12.1 Å². The largest absolute Gasteiger partial charge is 0.477 e. The molecule has 2 N–H and O–H groups in total. The van der Waals surface area contributed by atoms with E-state index in [4.69, 9.17) is 0 Å². The predicted molar refractivity (Wildman–Crippen MR) is 95.6 cm³/mol. The number of carbonyl (C=O) groups excluding carboxylic acids is 1. The Kier molecular flexibility index (Phi) is 4.29. The molecule has 0 aromatic carbocycles. The van der Waals surface area contributed by atoms with E-state index in [9.17, 15) is 19.8 Å². The van der Waals surface area contributed by atoms with Crippen molar-refractivity contribution < 1.29 is 19.8 Å². The first-order chi connectivity index (χ1) is 12.0. The van der Waals surface area contributed by atoms with Crippen molar-refractivity contribution in [1.82, 2.24) is 9.88 Å². The number of thioether (sulfide) groups is 2. The summed E-state index contributed by atoms with van der Waals surface area (Å²) in [4.78, 5) is 30.0. The summed E-state index contributed by atoms with van der Waals surface area (Å²) in [6.45, 7) is 1.65. The van der Waals surface area contributed by atoms with Gasteiger partial charge in [-0.1, -0.05) is 17.8 Å². The number of aliphatic hydroxyl groups is 1. The summed E-state index contributed by atoms with van der Waals surface area (Å²) >= 11 is 2.95. The Morgan fingerprint density at radius 1 is 1.56 bits per heavy atom. The Morgan fingerprint density at radius 3 is 3.08 bits per heavy atom. The molecular weight excluding hydrogens is 360 g/mol. The van der Waals surface area contributed by atoms with Crippen molar-refractivity contribution in [3.63, 3.8) is 0 Å². The van der Waals surface area contributed by atoms with Crippen LogP contribution in [-0.2, 0) is 16.0 Å². The molecule has 3 heterocycles. The van der Waals surface area contributed by atoms with E-state index >= 15 is 0 Å². The minimum Gasteiger partial charge on any atom is -0.477 e. The fourth-order valence-electron chi connectivity index (χ4n) is 3.64. The number of aryl methyl sites for hydroxylation is 1. The molecule has 25 heavy (non-hydrogen) atoms. The maximum Gasteiger partial charge on any atom is 0.354 e. The van der Waals surface area contributed by atoms with E-state index in [-0.39, 0.29) is 28.1 Å². The highest BCUT2D eigenvalue weighted by Crippen LogP contribution is 2.57. The summed E-state index contributed by atoms with van der Waals surface area (Å²) in [6, 6.07) is 3.98. The van der Waals surface area contributed by atoms with Gasteiger partial charge in [0.1, 0.15) is 0 Å². The van der Waals surface area contributed by atoms with Crippen molar-refractivity contribution >= 4 is 35.4 Å². The fraction of sp³-hybridized carbons (Fsp3) is 0.471. The molecule has 1 aliphatic carbocycles. The smallest absolute Gasteiger partial charge is 0.354 e. The average Bonchev–Trinajstić information content (AvgIpc) is 3.13. The average molecular weight is 378 g/mol. The van der Waals surface area contributed by atoms with Crippen LogP contribution in [0.4, 0.5) is 0 Å². The number of carbonyl (C=O) groups is 2. The highest BCUT2D eigenvalue weighted by atomic mass is 32.2. The van der Waals surface area contributed by atoms with E-state index in [0.29, 0.717) is 10.7 Å². The molecule has 1 amide bonds. The molecule has 0 bridgehead atoms. The van der Waals surface area contributed by atoms with Gasteiger partial charge in [0.25, 0.3) is 0 Å². The molecule has 1 aromatic rings. The summed E-state index contributed by atoms with van der Waals surface area (Å²) in [7, 11) is 0. The molecule has 0 spiro atoms. The molecule has 2 aliphatic heterocycles. The van der Waals surface area contributed by atoms with Crippen LogP contribution in [0.2, 0.25) is 0 Å². The van der Waals surface area contributed by atoms with E-state index in [1.807, 2.05) is 6.07 Å². The minimum absolute atomic E-state index is 0.0937. The molecule has 8 heteroatoms. The van der Waals surface area contributed by atoms with Crippen molar-refractivity contribution in [2.24, 2.45) is 5.92 Å². The van der Waals surface area contributed by atoms with Crippen LogP contribution in [0.5, 0.6) is 0 Å². The highest BCUT2D eigenvalue weighted by molar-refractivity contribution is 8.22. The summed E-state index contributed by atoms with van der Waals surface area (Å²) in [6.07, 6.45) is 3.42. The van der Waals surface area contributed by atoms with E-state index in [2.05, 4.69) is 11.1 Å². The van der Waals surface area contributed by atoms with Crippen molar-refractivity contribution in [3.8, 4) is 0 Å². The molecule has 6 nitrogen and oxygen atoms in total. The van der Waals surface area contributed by atoms with Gasteiger partial charge in [-0.25, -0.2) is 4.79 Å². The molecule has 0 radical (unpaired) electrons. The number of aliphatic hydroxyl groups excluding tert-OH is 1. The number of hydrogen-bond donors (Lipinski definition) is 2. The molecule has 132 valence electrons. The third-order valence-electron chi connectivity index (χ3n) is 4.77. The number of hydrogen-bond acceptors (Lipinski definition) is 6. The summed E-state index contributed by atoms with van der Waals surface area (Å²) in [5.41, 5.74) is 2.33. The third-order valence-corrected chi connectivity index (χ3v) is 7.69. The van der Waals surface area contributed by atoms with Gasteiger partial charge in [0.2, 0.25) is 5.91 Å². The maximum absolute atomic E-state index is 12.4. The van der Waals surface area contributed by atoms with Crippen LogP contribution in [0.1, 0.15) is 36.3 Å². The van der Waals surface area contributed by atoms with Gasteiger partial charge in [0, 0.05) is 6.20 Å². The van der Waals surface area contributed by atoms with Gasteiger partial charge in [-0.15, -0.1) is 11.8 Å². The number of carboxylic acids is 1. The van der Waals surface area contributed by atoms with Crippen LogP contribution in [0.15, 0.2) is 28.3 Å². The standard InChI is InChI=1S/C17H18N2O4S2/c1-8(20)7-10-14(21)19-13(16(22)23)17(25-15(10)19)24-11-5-4-9-3-2-6-18-12(9)11/h2-3,6,8,10-11,15,20H,4-5,7H2,1H3,(H,22,23)/t8-,10+,11?,15+/m0/s1. The van der Waals surface area contributed by atoms with Crippen LogP contribution in [-0.4, -0.2) is 43.5 Å². The monoisotopic (exact) mass is 378 g/mol. The van der Waals surface area contributed by atoms with E-state index in [1.165, 1.54) is 34.0 Å². The Morgan fingerprint density at radius 2 is 2.36 bits per heavy atom. The number of carboxylic acid groups (broad SMARTS) is 1. The van der Waals surface area contributed by atoms with Crippen molar-refractivity contribution in [1.29, 1.82) is 0 Å². The zero-order valence-corrected chi connectivity index (χ0v) is 15.2. The van der Waals surface area contributed by atoms with Gasteiger partial charge in [-0.2, -0.15) is 0 Å². The summed E-state index contributed by atoms with van der Waals surface area (Å²) in [5.74, 6) is -1.58. The van der Waals surface area contributed by atoms with Crippen LogP contribution in [0.25, 0.3) is 0 Å². The number of amides is 1. The lowest BCUT2D eigenvalue weighted by atomic mass is 9.91. The number of rotatable bonds is 5. The number of pyridine rings is 1. The first-order valence-electron chi connectivity index (χ1n) is 8.23. The first kappa shape index (κ1) is 16.9. The Bertz CT molecular complexity index is 780. The third kappa shape index (κ3) is 2.76. The molecule has 4 atom stereocenters. The molecule has 0 saturated carbocycles. The zero-order valence-electron chi connectivity index (χ0n) is 13.6. The first-order valence-corrected chi connectivity index (χ1v) is 9.99. The van der Waals surface area contributed by atoms with Crippen LogP contribution < -0.4 is 0 Å². The lowest BCUT2D eigenvalue weighted by Crippen LogP contribution is -2.57. The molecule has 1 unspecified atom stereocenters. The minimum atomic E-state index is -1.07. The maximum atomic E-state index is 12.4. The van der Waals surface area contributed by atoms with Gasteiger partial charge in [0.15, 0.2) is 5.70 Å². The Hall–Kier alpha value is -1.51. The number of nitrogens with zero attached hydrogens (tertiary/aromatic N) is 2. The van der Waals surface area contributed by atoms with Crippen LogP contribution in [0, 0.1) is 5.92 Å². The molecule has 1 aromatic heterocycles. The second-order valence-electron chi connectivity index (χ2n) is 6.54. The van der Waals surface area contributed by atoms with Crippen molar-refractivity contribution in [2.45, 2.75) is 42.9 Å². The highest BCUT2D eigenvalue weighted by Gasteiger charge is 2.56. The fourth-order valence-corrected chi connectivity index (χ4v) is 6.84. The lowest BCUT2D eigenvalue weighted by molar-refractivity contribution is -0.152. The number of fused-ring (bicyclic) bond motifs is 2. The zero-order chi connectivity index (χ0) is 17.7. The topological polar surface area (TPSA) is 90.7 Å². The van der Waals surface area contributed by atoms with Gasteiger partial charge in [-0.3, -0.25) is 14.7 Å². The lowest BCUT2D eigenvalue weighted by Gasteiger charge is -2.42. The van der Waals surface area contributed by atoms with Crippen molar-refractivity contribution in [3.05, 3.63) is 39.5 Å². The number of β-lactam (4-membered cyclic amide) rings is 1. The van der Waals surface area contributed by atoms with Crippen LogP contribution in [0.3, 0.4) is 0 Å². The van der Waals surface area contributed by atoms with E-state index in [0.717, 1.165) is 18.5 Å². The Labute approximate surface area is 153 Å². The quantitative estimate of drug-likeness (QED) is 0.760. The molecule has 4 rings (SSSR count). The molecule has 3 aliphatic rings. The number of aromatic nitrogens is 1. The van der Waals surface area contributed by atoms with Crippen molar-refractivity contribution in [2.75, 3.05) is 0 Å². The van der Waals surface area contributed by atoms with Gasteiger partial charge in [0.05, 0.1) is 32.6 Å². The summed E-state index contributed by atoms with van der Waals surface area (Å²) < 4.78 is 0.683. The molecular formula is C17H18N2O4S2. The molecule has 1 saturated heterocycles. The van der Waals surface area contributed by atoms with Gasteiger partial charge < -0.3 is 10.2 Å². The van der Waals surface area contributed by atoms with Crippen LogP contribution >= 0.6 is 23.5 Å². The van der Waals surface area contributed by atoms with E-state index in [1.54, 1.807) is 13.1 Å². The summed E-state index contributed by atoms with van der Waals surface area (Å²) in [5, 5.41) is 19.1. The molecule has 1 fully saturated rings. The SMILES string of the molecule is C[C@H](O)C[C@@H]1C(=O)N2C(C(=O)O)=C(SC3CCc4cccnc43)S[C@H]12. The second kappa shape index (κ2) is 6.34. The Balaban J connectivity index is 1.58. The number of aliphatic carboxylic acids is 1. The predicted octanol–water partition coefficient (Wildman–Crippen LogP) is 2.36. The second-order valence-corrected chi connectivity index (χ2v) is 9.14. The van der Waals surface area contributed by atoms with Gasteiger partial charge >= 0.3 is 5.97 Å². The van der Waals surface area contributed by atoms with Gasteiger partial charge in [-0.05, 0) is 37.8 Å².